The smallest absolute Gasteiger partial charge is 0.113 e. The highest BCUT2D eigenvalue weighted by molar-refractivity contribution is 5.02. The third-order valence-corrected chi connectivity index (χ3v) is 1.92. The fourth-order valence-electron chi connectivity index (χ4n) is 1.01. The first-order chi connectivity index (χ1) is 6.11. The first-order valence-electron chi connectivity index (χ1n) is 4.34. The van der Waals surface area contributed by atoms with Gasteiger partial charge in [-0.15, -0.1) is 0 Å². The van der Waals surface area contributed by atoms with E-state index < -0.39 is 0 Å². The highest BCUT2D eigenvalue weighted by Crippen LogP contribution is 2.13. The fourth-order valence-corrected chi connectivity index (χ4v) is 1.01. The molecular weight excluding hydrogens is 168 g/mol. The van der Waals surface area contributed by atoms with Crippen molar-refractivity contribution in [3.63, 3.8) is 0 Å². The minimum Gasteiger partial charge on any atom is -0.392 e. The van der Waals surface area contributed by atoms with Gasteiger partial charge in [-0.3, -0.25) is 5.26 Å². The van der Waals surface area contributed by atoms with Crippen LogP contribution in [0, 0.1) is 0 Å². The summed E-state index contributed by atoms with van der Waals surface area (Å²) in [4.78, 5) is 4.25. The van der Waals surface area contributed by atoms with Crippen molar-refractivity contribution in [1.82, 2.24) is 0 Å². The van der Waals surface area contributed by atoms with Crippen molar-refractivity contribution in [2.75, 3.05) is 6.61 Å². The van der Waals surface area contributed by atoms with Gasteiger partial charge in [0, 0.05) is 0 Å². The maximum absolute atomic E-state index is 8.59. The Balaban J connectivity index is 3.85. The van der Waals surface area contributed by atoms with E-state index in [9.17, 15) is 0 Å². The molecule has 0 fully saturated rings. The van der Waals surface area contributed by atoms with Gasteiger partial charge in [-0.25, -0.2) is 4.89 Å². The highest BCUT2D eigenvalue weighted by Gasteiger charge is 2.08. The molecule has 0 radical (unpaired) electrons. The molecule has 0 aliphatic rings. The van der Waals surface area contributed by atoms with Gasteiger partial charge in [-0.1, -0.05) is 18.2 Å². The second kappa shape index (κ2) is 6.83. The number of hydrogen-bond donors (Lipinski definition) is 2. The molecule has 1 unspecified atom stereocenters. The lowest BCUT2D eigenvalue weighted by molar-refractivity contribution is -0.269. The lowest BCUT2D eigenvalue weighted by atomic mass is 10.0. The minimum atomic E-state index is -0.304. The second-order valence-corrected chi connectivity index (χ2v) is 3.21. The summed E-state index contributed by atoms with van der Waals surface area (Å²) in [6.45, 7) is 7.50. The molecule has 0 heterocycles. The molecule has 0 amide bonds. The normalized spacial score (nSPS) is 14.3. The van der Waals surface area contributed by atoms with Gasteiger partial charge in [0.15, 0.2) is 0 Å². The summed E-state index contributed by atoms with van der Waals surface area (Å²) in [6, 6.07) is 0. The van der Waals surface area contributed by atoms with Crippen LogP contribution in [0.3, 0.4) is 0 Å². The van der Waals surface area contributed by atoms with Gasteiger partial charge in [-0.2, -0.15) is 0 Å². The van der Waals surface area contributed by atoms with Gasteiger partial charge in [-0.05, 0) is 32.3 Å². The zero-order valence-electron chi connectivity index (χ0n) is 8.29. The SMILES string of the molecule is C=C(C)C(CCC(C)=CCO)OO. The molecule has 0 saturated carbocycles. The largest absolute Gasteiger partial charge is 0.392 e. The van der Waals surface area contributed by atoms with Crippen LogP contribution in [-0.4, -0.2) is 23.1 Å². The van der Waals surface area contributed by atoms with E-state index in [1.54, 1.807) is 6.08 Å². The van der Waals surface area contributed by atoms with Crippen molar-refractivity contribution in [2.24, 2.45) is 0 Å². The van der Waals surface area contributed by atoms with E-state index in [0.717, 1.165) is 17.6 Å². The Bertz CT molecular complexity index is 185. The van der Waals surface area contributed by atoms with Gasteiger partial charge in [0.05, 0.1) is 6.61 Å². The first-order valence-corrected chi connectivity index (χ1v) is 4.34. The molecule has 0 rings (SSSR count). The predicted molar refractivity (Wildman–Crippen MR) is 52.4 cm³/mol. The zero-order valence-corrected chi connectivity index (χ0v) is 8.29. The first kappa shape index (κ1) is 12.4. The van der Waals surface area contributed by atoms with Crippen LogP contribution in [0.25, 0.3) is 0 Å². The van der Waals surface area contributed by atoms with Crippen molar-refractivity contribution < 1.29 is 15.3 Å². The van der Waals surface area contributed by atoms with Gasteiger partial charge in [0.1, 0.15) is 6.10 Å². The summed E-state index contributed by atoms with van der Waals surface area (Å²) < 4.78 is 0. The zero-order chi connectivity index (χ0) is 10.3. The maximum Gasteiger partial charge on any atom is 0.113 e. The third kappa shape index (κ3) is 5.58. The Morgan fingerprint density at radius 1 is 1.54 bits per heavy atom. The van der Waals surface area contributed by atoms with E-state index in [1.165, 1.54) is 0 Å². The van der Waals surface area contributed by atoms with E-state index in [4.69, 9.17) is 10.4 Å². The average molecular weight is 186 g/mol. The summed E-state index contributed by atoms with van der Waals surface area (Å²) >= 11 is 0. The second-order valence-electron chi connectivity index (χ2n) is 3.21. The number of aliphatic hydroxyl groups excluding tert-OH is 1. The third-order valence-electron chi connectivity index (χ3n) is 1.92. The number of aliphatic hydroxyl groups is 1. The minimum absolute atomic E-state index is 0.0591. The number of rotatable bonds is 6. The topological polar surface area (TPSA) is 49.7 Å². The molecule has 0 spiro atoms. The van der Waals surface area contributed by atoms with Crippen molar-refractivity contribution in [3.8, 4) is 0 Å². The standard InChI is InChI=1S/C10H18O3/c1-8(2)10(13-12)5-4-9(3)6-7-11/h6,10-12H,1,4-5,7H2,2-3H3. The van der Waals surface area contributed by atoms with Crippen molar-refractivity contribution in [3.05, 3.63) is 23.8 Å². The predicted octanol–water partition coefficient (Wildman–Crippen LogP) is 2.14. The molecule has 0 bridgehead atoms. The monoisotopic (exact) mass is 186 g/mol. The van der Waals surface area contributed by atoms with Crippen LogP contribution in [0.2, 0.25) is 0 Å². The Morgan fingerprint density at radius 3 is 2.54 bits per heavy atom. The van der Waals surface area contributed by atoms with E-state index in [0.29, 0.717) is 6.42 Å². The molecular formula is C10H18O3. The van der Waals surface area contributed by atoms with E-state index in [-0.39, 0.29) is 12.7 Å². The molecule has 3 nitrogen and oxygen atoms in total. The average Bonchev–Trinajstić information content (AvgIpc) is 2.05. The van der Waals surface area contributed by atoms with E-state index in [2.05, 4.69) is 11.5 Å². The Kier molecular flexibility index (Phi) is 6.49. The van der Waals surface area contributed by atoms with Crippen LogP contribution in [0.1, 0.15) is 26.7 Å². The van der Waals surface area contributed by atoms with Crippen molar-refractivity contribution in [1.29, 1.82) is 0 Å². The van der Waals surface area contributed by atoms with Crippen molar-refractivity contribution >= 4 is 0 Å². The fraction of sp³-hybridized carbons (Fsp3) is 0.600. The van der Waals surface area contributed by atoms with Crippen LogP contribution in [0.15, 0.2) is 23.8 Å². The van der Waals surface area contributed by atoms with Crippen LogP contribution >= 0.6 is 0 Å². The highest BCUT2D eigenvalue weighted by atomic mass is 17.1. The lowest BCUT2D eigenvalue weighted by Crippen LogP contribution is -2.11. The maximum atomic E-state index is 8.59. The molecule has 0 aromatic heterocycles. The van der Waals surface area contributed by atoms with Gasteiger partial charge in [0.25, 0.3) is 0 Å². The number of hydrogen-bond acceptors (Lipinski definition) is 3. The van der Waals surface area contributed by atoms with E-state index in [1.807, 2.05) is 13.8 Å². The molecule has 1 atom stereocenters. The van der Waals surface area contributed by atoms with Crippen LogP contribution < -0.4 is 0 Å². The summed E-state index contributed by atoms with van der Waals surface area (Å²) in [6.07, 6.45) is 2.92. The molecule has 76 valence electrons. The summed E-state index contributed by atoms with van der Waals surface area (Å²) in [7, 11) is 0. The van der Waals surface area contributed by atoms with Crippen LogP contribution in [0.4, 0.5) is 0 Å². The molecule has 0 aliphatic heterocycles. The van der Waals surface area contributed by atoms with E-state index >= 15 is 0 Å². The van der Waals surface area contributed by atoms with Crippen LogP contribution in [-0.2, 0) is 4.89 Å². The van der Waals surface area contributed by atoms with Crippen LogP contribution in [0.5, 0.6) is 0 Å². The van der Waals surface area contributed by atoms with Crippen molar-refractivity contribution in [2.45, 2.75) is 32.8 Å². The molecule has 0 aromatic rings. The Labute approximate surface area is 79.3 Å². The molecule has 0 saturated heterocycles. The molecule has 3 heteroatoms. The quantitative estimate of drug-likeness (QED) is 0.379. The molecule has 13 heavy (non-hydrogen) atoms. The van der Waals surface area contributed by atoms with Gasteiger partial charge >= 0.3 is 0 Å². The lowest BCUT2D eigenvalue weighted by Gasteiger charge is -2.12. The molecule has 0 aromatic carbocycles. The Morgan fingerprint density at radius 2 is 2.15 bits per heavy atom. The van der Waals surface area contributed by atoms with Gasteiger partial charge in [0.2, 0.25) is 0 Å². The summed E-state index contributed by atoms with van der Waals surface area (Å²) in [5.41, 5.74) is 1.89. The Hall–Kier alpha value is -0.640. The summed E-state index contributed by atoms with van der Waals surface area (Å²) in [5.74, 6) is 0. The number of allylic oxidation sites excluding steroid dienone is 1. The van der Waals surface area contributed by atoms with Gasteiger partial charge < -0.3 is 5.11 Å². The summed E-state index contributed by atoms with van der Waals surface area (Å²) in [5, 5.41) is 17.1. The molecule has 2 N–H and O–H groups in total. The molecule has 0 aliphatic carbocycles.